The van der Waals surface area contributed by atoms with Crippen molar-refractivity contribution in [3.63, 3.8) is 0 Å². The molecule has 0 aliphatic rings. The summed E-state index contributed by atoms with van der Waals surface area (Å²) in [5.41, 5.74) is 4.06. The number of alkyl halides is 2. The first kappa shape index (κ1) is 20.2. The van der Waals surface area contributed by atoms with Crippen molar-refractivity contribution in [2.24, 2.45) is 0 Å². The molecule has 116 valence electrons. The Labute approximate surface area is 143 Å². The molecule has 0 saturated carbocycles. The Balaban J connectivity index is 0.000000921. The molecule has 0 fully saturated rings. The number of Topliss-reactive ketones (excluding diaryl/α,β-unsaturated/α-hetero) is 1. The molecular formula is C16H22Br2N2O. The second-order valence-electron chi connectivity index (χ2n) is 3.64. The fourth-order valence-corrected chi connectivity index (χ4v) is 2.46. The summed E-state index contributed by atoms with van der Waals surface area (Å²) in [5, 5.41) is 1.33. The summed E-state index contributed by atoms with van der Waals surface area (Å²) in [4.78, 5) is 20.3. The van der Waals surface area contributed by atoms with E-state index in [1.807, 2.05) is 33.8 Å². The molecule has 0 saturated heterocycles. The molecule has 0 amide bonds. The van der Waals surface area contributed by atoms with Crippen molar-refractivity contribution in [1.82, 2.24) is 9.97 Å². The zero-order valence-corrected chi connectivity index (χ0v) is 16.4. The van der Waals surface area contributed by atoms with Crippen molar-refractivity contribution < 1.29 is 4.79 Å². The maximum atomic E-state index is 11.3. The first-order valence-electron chi connectivity index (χ1n) is 7.08. The van der Waals surface area contributed by atoms with Gasteiger partial charge in [-0.25, -0.2) is 9.97 Å². The number of ketones is 1. The molecule has 3 nitrogen and oxygen atoms in total. The predicted molar refractivity (Wildman–Crippen MR) is 97.5 cm³/mol. The van der Waals surface area contributed by atoms with Gasteiger partial charge in [0.15, 0.2) is 5.78 Å². The van der Waals surface area contributed by atoms with E-state index in [0.29, 0.717) is 16.2 Å². The Bertz CT molecular complexity index is 586. The minimum Gasteiger partial charge on any atom is -0.295 e. The second-order valence-corrected chi connectivity index (χ2v) is 4.77. The molecule has 0 unspecified atom stereocenters. The van der Waals surface area contributed by atoms with Crippen LogP contribution >= 0.6 is 31.9 Å². The van der Waals surface area contributed by atoms with E-state index >= 15 is 0 Å². The molecule has 0 aliphatic heterocycles. The van der Waals surface area contributed by atoms with Crippen LogP contribution in [0.1, 0.15) is 56.4 Å². The van der Waals surface area contributed by atoms with Crippen LogP contribution < -0.4 is 0 Å². The number of carbonyl (C=O) groups excluding carboxylic acids is 1. The summed E-state index contributed by atoms with van der Waals surface area (Å²) in [6.07, 6.45) is 0. The monoisotopic (exact) mass is 416 g/mol. The predicted octanol–water partition coefficient (Wildman–Crippen LogP) is 5.67. The van der Waals surface area contributed by atoms with Gasteiger partial charge >= 0.3 is 0 Å². The van der Waals surface area contributed by atoms with Crippen molar-refractivity contribution in [3.8, 4) is 0 Å². The first-order valence-corrected chi connectivity index (χ1v) is 9.32. The van der Waals surface area contributed by atoms with Crippen LogP contribution in [0.2, 0.25) is 0 Å². The lowest BCUT2D eigenvalue weighted by Gasteiger charge is -2.06. The molecule has 0 N–H and O–H groups in total. The summed E-state index contributed by atoms with van der Waals surface area (Å²) in [6, 6.07) is 5.41. The molecule has 0 spiro atoms. The molecule has 2 rings (SSSR count). The molecule has 21 heavy (non-hydrogen) atoms. The highest BCUT2D eigenvalue weighted by Gasteiger charge is 2.08. The summed E-state index contributed by atoms with van der Waals surface area (Å²) >= 11 is 6.79. The molecule has 2 aromatic rings. The van der Waals surface area contributed by atoms with Gasteiger partial charge in [0.25, 0.3) is 0 Å². The fourth-order valence-electron chi connectivity index (χ4n) is 1.56. The van der Waals surface area contributed by atoms with Crippen molar-refractivity contribution in [3.05, 3.63) is 35.2 Å². The van der Waals surface area contributed by atoms with E-state index in [4.69, 9.17) is 0 Å². The summed E-state index contributed by atoms with van der Waals surface area (Å²) < 4.78 is 0. The maximum Gasteiger partial charge on any atom is 0.159 e. The number of rotatable bonds is 3. The van der Waals surface area contributed by atoms with E-state index in [-0.39, 0.29) is 5.78 Å². The van der Waals surface area contributed by atoms with Gasteiger partial charge in [-0.3, -0.25) is 4.79 Å². The molecule has 1 aromatic carbocycles. The number of nitrogens with zero attached hydrogens (tertiary/aromatic N) is 2. The number of benzene rings is 1. The van der Waals surface area contributed by atoms with Gasteiger partial charge in [0, 0.05) is 16.2 Å². The van der Waals surface area contributed by atoms with E-state index in [2.05, 4.69) is 41.8 Å². The number of aromatic nitrogens is 2. The highest BCUT2D eigenvalue weighted by atomic mass is 79.9. The topological polar surface area (TPSA) is 42.9 Å². The van der Waals surface area contributed by atoms with Gasteiger partial charge in [0.2, 0.25) is 0 Å². The largest absolute Gasteiger partial charge is 0.295 e. The van der Waals surface area contributed by atoms with E-state index in [1.165, 1.54) is 0 Å². The average molecular weight is 418 g/mol. The Morgan fingerprint density at radius 1 is 0.952 bits per heavy atom. The van der Waals surface area contributed by atoms with Crippen molar-refractivity contribution in [1.29, 1.82) is 0 Å². The van der Waals surface area contributed by atoms with Crippen molar-refractivity contribution in [2.45, 2.75) is 45.3 Å². The Morgan fingerprint density at radius 3 is 1.86 bits per heavy atom. The van der Waals surface area contributed by atoms with Crippen LogP contribution in [-0.2, 0) is 10.7 Å². The zero-order valence-electron chi connectivity index (χ0n) is 13.2. The van der Waals surface area contributed by atoms with Crippen LogP contribution in [0.25, 0.3) is 11.0 Å². The zero-order chi connectivity index (χ0) is 16.4. The van der Waals surface area contributed by atoms with Crippen LogP contribution in [0.3, 0.4) is 0 Å². The van der Waals surface area contributed by atoms with Gasteiger partial charge in [0.1, 0.15) is 0 Å². The quantitative estimate of drug-likeness (QED) is 0.476. The molecule has 0 bridgehead atoms. The molecule has 1 aromatic heterocycles. The summed E-state index contributed by atoms with van der Waals surface area (Å²) in [6.45, 7) is 9.55. The lowest BCUT2D eigenvalue weighted by atomic mass is 10.1. The lowest BCUT2D eigenvalue weighted by Crippen LogP contribution is -2.00. The first-order chi connectivity index (χ1) is 10.2. The van der Waals surface area contributed by atoms with Gasteiger partial charge in [-0.05, 0) is 25.1 Å². The van der Waals surface area contributed by atoms with Crippen LogP contribution in [0.4, 0.5) is 0 Å². The Hall–Kier alpha value is -0.810. The highest BCUT2D eigenvalue weighted by Crippen LogP contribution is 2.18. The van der Waals surface area contributed by atoms with Gasteiger partial charge in [-0.15, -0.1) is 0 Å². The minimum absolute atomic E-state index is 0.0404. The van der Waals surface area contributed by atoms with E-state index < -0.39 is 0 Å². The van der Waals surface area contributed by atoms with Crippen molar-refractivity contribution in [2.75, 3.05) is 0 Å². The van der Waals surface area contributed by atoms with Crippen LogP contribution in [-0.4, -0.2) is 15.8 Å². The summed E-state index contributed by atoms with van der Waals surface area (Å²) in [5.74, 6) is 0.0404. The summed E-state index contributed by atoms with van der Waals surface area (Å²) in [7, 11) is 0. The maximum absolute atomic E-state index is 11.3. The molecule has 0 atom stereocenters. The Morgan fingerprint density at radius 2 is 1.43 bits per heavy atom. The lowest BCUT2D eigenvalue weighted by molar-refractivity contribution is 0.101. The average Bonchev–Trinajstić information content (AvgIpc) is 2.56. The molecule has 0 radical (unpaired) electrons. The molecule has 1 heterocycles. The van der Waals surface area contributed by atoms with E-state index in [0.717, 1.165) is 22.4 Å². The number of hydrogen-bond donors (Lipinski definition) is 0. The van der Waals surface area contributed by atoms with Crippen LogP contribution in [0.15, 0.2) is 18.2 Å². The standard InChI is InChI=1S/C12H10Br2N2O.2C2H6/c1-7(17)8-2-3-9-10(4-8)16-12(6-14)11(5-13)15-9;2*1-2/h2-4H,5-6H2,1H3;2*1-2H3. The van der Waals surface area contributed by atoms with Crippen LogP contribution in [0, 0.1) is 0 Å². The molecular weight excluding hydrogens is 396 g/mol. The number of halogens is 2. The van der Waals surface area contributed by atoms with Gasteiger partial charge in [-0.2, -0.15) is 0 Å². The van der Waals surface area contributed by atoms with E-state index in [1.54, 1.807) is 19.1 Å². The van der Waals surface area contributed by atoms with Gasteiger partial charge in [-0.1, -0.05) is 59.6 Å². The second kappa shape index (κ2) is 10.9. The number of hydrogen-bond acceptors (Lipinski definition) is 3. The minimum atomic E-state index is 0.0404. The third-order valence-corrected chi connectivity index (χ3v) is 3.54. The van der Waals surface area contributed by atoms with Gasteiger partial charge < -0.3 is 0 Å². The van der Waals surface area contributed by atoms with Gasteiger partial charge in [0.05, 0.1) is 22.4 Å². The third kappa shape index (κ3) is 5.47. The third-order valence-electron chi connectivity index (χ3n) is 2.48. The molecule has 0 aliphatic carbocycles. The smallest absolute Gasteiger partial charge is 0.159 e. The van der Waals surface area contributed by atoms with Crippen molar-refractivity contribution >= 4 is 48.7 Å². The highest BCUT2D eigenvalue weighted by molar-refractivity contribution is 9.09. The Kier molecular flexibility index (Phi) is 10.4. The molecule has 5 heteroatoms. The SMILES string of the molecule is CC.CC.CC(=O)c1ccc2nc(CBr)c(CBr)nc2c1. The number of fused-ring (bicyclic) bond motifs is 1. The van der Waals surface area contributed by atoms with E-state index in [9.17, 15) is 4.79 Å². The normalized spacial score (nSPS) is 9.29. The number of carbonyl (C=O) groups is 1. The van der Waals surface area contributed by atoms with Crippen LogP contribution in [0.5, 0.6) is 0 Å². The fraction of sp³-hybridized carbons (Fsp3) is 0.438.